The summed E-state index contributed by atoms with van der Waals surface area (Å²) in [6.45, 7) is -0.452. The minimum absolute atomic E-state index is 0.111. The van der Waals surface area contributed by atoms with Crippen molar-refractivity contribution in [2.75, 3.05) is 11.4 Å². The summed E-state index contributed by atoms with van der Waals surface area (Å²) in [5.41, 5.74) is -0.132. The standard InChI is InChI=1S/C29H26F6N4O2S/c30-28(31,32)22-11-14-24(15-12-22)42(40,41)38-16-21-8-4-5-9-26(21)39(18-25-27(29(33,34)35)37-19-36-25)23(17-38)13-10-20-6-2-1-3-7-20/h1-9,11-12,14-15,19,23H,10,13,16-18H2,(H,36,37)/t23-/m0/s1. The number of halogens is 6. The van der Waals surface area contributed by atoms with Crippen LogP contribution in [0.2, 0.25) is 0 Å². The maximum Gasteiger partial charge on any atom is 0.435 e. The molecule has 4 aromatic rings. The number of rotatable bonds is 7. The molecule has 5 rings (SSSR count). The number of aromatic amines is 1. The van der Waals surface area contributed by atoms with Gasteiger partial charge in [0.2, 0.25) is 10.0 Å². The van der Waals surface area contributed by atoms with E-state index in [-0.39, 0.29) is 30.2 Å². The first kappa shape index (κ1) is 29.6. The van der Waals surface area contributed by atoms with Gasteiger partial charge in [-0.05, 0) is 54.3 Å². The molecule has 0 radical (unpaired) electrons. The Bertz CT molecular complexity index is 1620. The summed E-state index contributed by atoms with van der Waals surface area (Å²) in [5.74, 6) is 0. The van der Waals surface area contributed by atoms with E-state index in [4.69, 9.17) is 0 Å². The van der Waals surface area contributed by atoms with E-state index in [1.807, 2.05) is 30.3 Å². The SMILES string of the molecule is O=S(=O)(c1ccc(C(F)(F)F)cc1)N1Cc2ccccc2N(Cc2[nH]cnc2C(F)(F)F)[C@@H](CCc2ccccc2)C1. The van der Waals surface area contributed by atoms with E-state index in [2.05, 4.69) is 9.97 Å². The van der Waals surface area contributed by atoms with Crippen molar-refractivity contribution in [3.8, 4) is 0 Å². The average Bonchev–Trinajstić information content (AvgIpc) is 3.37. The number of H-pyrrole nitrogens is 1. The summed E-state index contributed by atoms with van der Waals surface area (Å²) in [7, 11) is -4.28. The number of fused-ring (bicyclic) bond motifs is 1. The topological polar surface area (TPSA) is 69.3 Å². The first-order chi connectivity index (χ1) is 19.8. The molecule has 0 fully saturated rings. The van der Waals surface area contributed by atoms with Crippen LogP contribution in [0.3, 0.4) is 0 Å². The first-order valence-electron chi connectivity index (χ1n) is 13.0. The van der Waals surface area contributed by atoms with Crippen molar-refractivity contribution in [2.24, 2.45) is 0 Å². The highest BCUT2D eigenvalue weighted by atomic mass is 32.2. The van der Waals surface area contributed by atoms with Crippen LogP contribution in [-0.2, 0) is 41.9 Å². The fraction of sp³-hybridized carbons (Fsp3) is 0.276. The van der Waals surface area contributed by atoms with Crippen LogP contribution in [0.25, 0.3) is 0 Å². The van der Waals surface area contributed by atoms with Crippen molar-refractivity contribution in [3.63, 3.8) is 0 Å². The van der Waals surface area contributed by atoms with E-state index >= 15 is 0 Å². The molecular weight excluding hydrogens is 582 g/mol. The zero-order chi connectivity index (χ0) is 30.1. The van der Waals surface area contributed by atoms with Gasteiger partial charge in [-0.3, -0.25) is 0 Å². The van der Waals surface area contributed by atoms with Crippen LogP contribution >= 0.6 is 0 Å². The summed E-state index contributed by atoms with van der Waals surface area (Å²) in [6, 6.07) is 18.9. The highest BCUT2D eigenvalue weighted by molar-refractivity contribution is 7.89. The summed E-state index contributed by atoms with van der Waals surface area (Å²) >= 11 is 0. The molecule has 1 aliphatic rings. The molecule has 0 amide bonds. The van der Waals surface area contributed by atoms with Gasteiger partial charge in [-0.15, -0.1) is 0 Å². The smallest absolute Gasteiger partial charge is 0.361 e. The molecule has 0 saturated carbocycles. The van der Waals surface area contributed by atoms with Gasteiger partial charge in [0.05, 0.1) is 29.0 Å². The van der Waals surface area contributed by atoms with Gasteiger partial charge in [0.25, 0.3) is 0 Å². The van der Waals surface area contributed by atoms with Gasteiger partial charge < -0.3 is 9.88 Å². The molecular formula is C29H26F6N4O2S. The number of nitrogens with one attached hydrogen (secondary N) is 1. The second kappa shape index (κ2) is 11.4. The Labute approximate surface area is 238 Å². The fourth-order valence-electron chi connectivity index (χ4n) is 5.15. The highest BCUT2D eigenvalue weighted by Gasteiger charge is 2.39. The Morgan fingerprint density at radius 2 is 1.52 bits per heavy atom. The van der Waals surface area contributed by atoms with E-state index in [1.165, 1.54) is 4.31 Å². The quantitative estimate of drug-likeness (QED) is 0.238. The fourth-order valence-corrected chi connectivity index (χ4v) is 6.61. The minimum atomic E-state index is -4.70. The molecule has 2 heterocycles. The summed E-state index contributed by atoms with van der Waals surface area (Å²) < 4.78 is 109. The molecule has 42 heavy (non-hydrogen) atoms. The van der Waals surface area contributed by atoms with Gasteiger partial charge in [0.15, 0.2) is 5.69 Å². The van der Waals surface area contributed by atoms with Gasteiger partial charge in [0.1, 0.15) is 0 Å². The number of benzene rings is 3. The lowest BCUT2D eigenvalue weighted by molar-refractivity contribution is -0.141. The molecule has 6 nitrogen and oxygen atoms in total. The lowest BCUT2D eigenvalue weighted by Crippen LogP contribution is -2.44. The molecule has 1 atom stereocenters. The van der Waals surface area contributed by atoms with Crippen LogP contribution in [0, 0.1) is 0 Å². The molecule has 0 spiro atoms. The van der Waals surface area contributed by atoms with Crippen LogP contribution in [0.4, 0.5) is 32.0 Å². The van der Waals surface area contributed by atoms with Crippen molar-refractivity contribution in [1.29, 1.82) is 0 Å². The predicted octanol–water partition coefficient (Wildman–Crippen LogP) is 6.66. The van der Waals surface area contributed by atoms with Crippen molar-refractivity contribution in [2.45, 2.75) is 49.2 Å². The number of aromatic nitrogens is 2. The van der Waals surface area contributed by atoms with E-state index in [1.54, 1.807) is 29.2 Å². The Morgan fingerprint density at radius 1 is 0.857 bits per heavy atom. The van der Waals surface area contributed by atoms with Crippen LogP contribution in [0.1, 0.15) is 34.5 Å². The number of aryl methyl sites for hydroxylation is 1. The summed E-state index contributed by atoms with van der Waals surface area (Å²) in [5, 5.41) is 0. The van der Waals surface area contributed by atoms with Gasteiger partial charge in [-0.1, -0.05) is 48.5 Å². The van der Waals surface area contributed by atoms with Gasteiger partial charge in [-0.2, -0.15) is 30.6 Å². The number of hydrogen-bond donors (Lipinski definition) is 1. The van der Waals surface area contributed by atoms with E-state index in [0.717, 1.165) is 36.2 Å². The second-order valence-corrected chi connectivity index (χ2v) is 11.9. The molecule has 13 heteroatoms. The molecule has 1 aromatic heterocycles. The third-order valence-corrected chi connectivity index (χ3v) is 9.07. The molecule has 0 unspecified atom stereocenters. The second-order valence-electron chi connectivity index (χ2n) is 9.98. The van der Waals surface area contributed by atoms with Crippen molar-refractivity contribution < 1.29 is 34.8 Å². The predicted molar refractivity (Wildman–Crippen MR) is 144 cm³/mol. The molecule has 3 aromatic carbocycles. The summed E-state index contributed by atoms with van der Waals surface area (Å²) in [6.07, 6.45) is -7.46. The van der Waals surface area contributed by atoms with Crippen LogP contribution in [0.5, 0.6) is 0 Å². The van der Waals surface area contributed by atoms with Crippen molar-refractivity contribution >= 4 is 15.7 Å². The number of nitrogens with zero attached hydrogens (tertiary/aromatic N) is 3. The average molecular weight is 609 g/mol. The molecule has 1 aliphatic heterocycles. The maximum atomic E-state index is 13.8. The molecule has 222 valence electrons. The van der Waals surface area contributed by atoms with Crippen molar-refractivity contribution in [3.05, 3.63) is 113 Å². The maximum absolute atomic E-state index is 13.8. The number of alkyl halides is 6. The Kier molecular flexibility index (Phi) is 8.08. The summed E-state index contributed by atoms with van der Waals surface area (Å²) in [4.78, 5) is 7.51. The highest BCUT2D eigenvalue weighted by Crippen LogP contribution is 2.36. The van der Waals surface area contributed by atoms with Gasteiger partial charge in [0, 0.05) is 24.8 Å². The number of para-hydroxylation sites is 1. The number of hydrogen-bond acceptors (Lipinski definition) is 4. The number of anilines is 1. The lowest BCUT2D eigenvalue weighted by Gasteiger charge is -2.34. The largest absolute Gasteiger partial charge is 0.435 e. The van der Waals surface area contributed by atoms with E-state index in [0.29, 0.717) is 24.1 Å². The third kappa shape index (κ3) is 6.31. The van der Waals surface area contributed by atoms with Gasteiger partial charge >= 0.3 is 12.4 Å². The van der Waals surface area contributed by atoms with Gasteiger partial charge in [-0.25, -0.2) is 13.4 Å². The van der Waals surface area contributed by atoms with E-state index in [9.17, 15) is 34.8 Å². The molecule has 0 aliphatic carbocycles. The Morgan fingerprint density at radius 3 is 2.19 bits per heavy atom. The lowest BCUT2D eigenvalue weighted by atomic mass is 10.0. The Hall–Kier alpha value is -3.84. The van der Waals surface area contributed by atoms with Crippen LogP contribution in [0.15, 0.2) is 90.1 Å². The first-order valence-corrected chi connectivity index (χ1v) is 14.4. The monoisotopic (exact) mass is 608 g/mol. The zero-order valence-corrected chi connectivity index (χ0v) is 22.8. The number of imidazole rings is 1. The van der Waals surface area contributed by atoms with Crippen LogP contribution in [-0.4, -0.2) is 35.3 Å². The normalized spacial score (nSPS) is 16.7. The zero-order valence-electron chi connectivity index (χ0n) is 22.0. The molecule has 0 bridgehead atoms. The Balaban J connectivity index is 1.55. The minimum Gasteiger partial charge on any atom is -0.361 e. The molecule has 0 saturated heterocycles. The third-order valence-electron chi connectivity index (χ3n) is 7.25. The number of sulfonamides is 1. The van der Waals surface area contributed by atoms with Crippen molar-refractivity contribution in [1.82, 2.24) is 14.3 Å². The molecule has 1 N–H and O–H groups in total. The van der Waals surface area contributed by atoms with Crippen LogP contribution < -0.4 is 4.90 Å². The van der Waals surface area contributed by atoms with E-state index < -0.39 is 39.7 Å².